The molecule has 0 aromatic heterocycles. The van der Waals surface area contributed by atoms with Gasteiger partial charge in [-0.25, -0.2) is 0 Å². The molecule has 1 aromatic rings. The first-order valence-electron chi connectivity index (χ1n) is 7.28. The number of hydrogen-bond donors (Lipinski definition) is 1. The molecule has 1 aromatic carbocycles. The van der Waals surface area contributed by atoms with Crippen molar-refractivity contribution in [2.24, 2.45) is 0 Å². The Morgan fingerprint density at radius 1 is 1.30 bits per heavy atom. The van der Waals surface area contributed by atoms with E-state index in [2.05, 4.69) is 0 Å². The van der Waals surface area contributed by atoms with E-state index in [9.17, 15) is 4.79 Å². The molecule has 1 aliphatic carbocycles. The lowest BCUT2D eigenvalue weighted by Gasteiger charge is -2.22. The fourth-order valence-electron chi connectivity index (χ4n) is 2.27. The van der Waals surface area contributed by atoms with Crippen molar-refractivity contribution in [2.45, 2.75) is 44.7 Å². The third-order valence-electron chi connectivity index (χ3n) is 3.62. The molecule has 1 aliphatic rings. The third-order valence-corrected chi connectivity index (χ3v) is 3.62. The van der Waals surface area contributed by atoms with Crippen molar-refractivity contribution in [3.05, 3.63) is 29.8 Å². The van der Waals surface area contributed by atoms with E-state index >= 15 is 0 Å². The van der Waals surface area contributed by atoms with Gasteiger partial charge in [0.25, 0.3) is 0 Å². The summed E-state index contributed by atoms with van der Waals surface area (Å²) in [5, 5.41) is 8.79. The van der Waals surface area contributed by atoms with Crippen molar-refractivity contribution in [3.63, 3.8) is 0 Å². The summed E-state index contributed by atoms with van der Waals surface area (Å²) >= 11 is 0. The summed E-state index contributed by atoms with van der Waals surface area (Å²) in [6.45, 7) is 0.835. The van der Waals surface area contributed by atoms with Crippen LogP contribution in [0.3, 0.4) is 0 Å². The van der Waals surface area contributed by atoms with Gasteiger partial charge in [0.05, 0.1) is 7.11 Å². The highest BCUT2D eigenvalue weighted by Crippen LogP contribution is 2.29. The van der Waals surface area contributed by atoms with Crippen LogP contribution in [0.2, 0.25) is 0 Å². The van der Waals surface area contributed by atoms with Crippen LogP contribution in [0.5, 0.6) is 5.75 Å². The standard InChI is InChI=1S/C16H23NO3/c1-20-15-9-5-13(6-10-15)12-17(14-7-8-14)16(19)4-2-3-11-18/h5-6,9-10,14,18H,2-4,7-8,11-12H2,1H3. The molecule has 0 saturated heterocycles. The van der Waals surface area contributed by atoms with Gasteiger partial charge in [-0.1, -0.05) is 12.1 Å². The van der Waals surface area contributed by atoms with Crippen molar-refractivity contribution >= 4 is 5.91 Å². The summed E-state index contributed by atoms with van der Waals surface area (Å²) < 4.78 is 5.14. The topological polar surface area (TPSA) is 49.8 Å². The van der Waals surface area contributed by atoms with E-state index in [1.165, 1.54) is 0 Å². The van der Waals surface area contributed by atoms with Crippen molar-refractivity contribution in [2.75, 3.05) is 13.7 Å². The van der Waals surface area contributed by atoms with Gasteiger partial charge < -0.3 is 14.7 Å². The quantitative estimate of drug-likeness (QED) is 0.742. The molecule has 1 N–H and O–H groups in total. The lowest BCUT2D eigenvalue weighted by atomic mass is 10.1. The maximum atomic E-state index is 12.2. The number of amides is 1. The van der Waals surface area contributed by atoms with Crippen LogP contribution in [0.15, 0.2) is 24.3 Å². The molecule has 0 bridgehead atoms. The summed E-state index contributed by atoms with van der Waals surface area (Å²) in [6.07, 6.45) is 4.23. The van der Waals surface area contributed by atoms with Crippen molar-refractivity contribution in [3.8, 4) is 5.75 Å². The SMILES string of the molecule is COc1ccc(CN(C(=O)CCCCO)C2CC2)cc1. The summed E-state index contributed by atoms with van der Waals surface area (Å²) in [5.74, 6) is 1.04. The summed E-state index contributed by atoms with van der Waals surface area (Å²) in [4.78, 5) is 14.2. The number of ether oxygens (including phenoxy) is 1. The predicted molar refractivity (Wildman–Crippen MR) is 77.5 cm³/mol. The van der Waals surface area contributed by atoms with Crippen LogP contribution in [0.25, 0.3) is 0 Å². The van der Waals surface area contributed by atoms with Gasteiger partial charge in [0.1, 0.15) is 5.75 Å². The second kappa shape index (κ2) is 7.29. The van der Waals surface area contributed by atoms with Crippen LogP contribution in [-0.2, 0) is 11.3 Å². The number of rotatable bonds is 8. The number of benzene rings is 1. The number of carbonyl (C=O) groups is 1. The average molecular weight is 277 g/mol. The molecule has 0 aliphatic heterocycles. The molecule has 4 heteroatoms. The second-order valence-electron chi connectivity index (χ2n) is 5.28. The van der Waals surface area contributed by atoms with E-state index < -0.39 is 0 Å². The van der Waals surface area contributed by atoms with E-state index in [0.717, 1.165) is 30.6 Å². The zero-order valence-electron chi connectivity index (χ0n) is 12.0. The Labute approximate surface area is 120 Å². The van der Waals surface area contributed by atoms with Gasteiger partial charge >= 0.3 is 0 Å². The Hall–Kier alpha value is -1.55. The van der Waals surface area contributed by atoms with E-state index in [1.807, 2.05) is 29.2 Å². The molecule has 0 heterocycles. The van der Waals surface area contributed by atoms with Gasteiger partial charge in [-0.3, -0.25) is 4.79 Å². The van der Waals surface area contributed by atoms with E-state index in [0.29, 0.717) is 25.4 Å². The number of aliphatic hydroxyl groups is 1. The first kappa shape index (κ1) is 14.9. The van der Waals surface area contributed by atoms with Gasteiger partial charge in [0, 0.05) is 25.6 Å². The molecule has 1 amide bonds. The molecular formula is C16H23NO3. The van der Waals surface area contributed by atoms with E-state index in [-0.39, 0.29) is 12.5 Å². The normalized spacial score (nSPS) is 14.1. The van der Waals surface area contributed by atoms with E-state index in [1.54, 1.807) is 7.11 Å². The molecule has 1 fully saturated rings. The van der Waals surface area contributed by atoms with E-state index in [4.69, 9.17) is 9.84 Å². The van der Waals surface area contributed by atoms with Gasteiger partial charge in [-0.05, 0) is 43.4 Å². The smallest absolute Gasteiger partial charge is 0.223 e. The predicted octanol–water partition coefficient (Wildman–Crippen LogP) is 2.35. The second-order valence-corrected chi connectivity index (χ2v) is 5.28. The van der Waals surface area contributed by atoms with Crippen LogP contribution in [-0.4, -0.2) is 35.7 Å². The molecule has 1 saturated carbocycles. The zero-order valence-corrected chi connectivity index (χ0v) is 12.0. The fraction of sp³-hybridized carbons (Fsp3) is 0.562. The summed E-state index contributed by atoms with van der Waals surface area (Å²) in [5.41, 5.74) is 1.13. The van der Waals surface area contributed by atoms with Gasteiger partial charge in [0.15, 0.2) is 0 Å². The molecule has 0 unspecified atom stereocenters. The number of hydrogen-bond acceptors (Lipinski definition) is 3. The summed E-state index contributed by atoms with van der Waals surface area (Å²) in [6, 6.07) is 8.29. The minimum atomic E-state index is 0.162. The fourth-order valence-corrected chi connectivity index (χ4v) is 2.27. The molecule has 0 radical (unpaired) electrons. The van der Waals surface area contributed by atoms with Crippen LogP contribution in [0, 0.1) is 0 Å². The van der Waals surface area contributed by atoms with Gasteiger partial charge in [0.2, 0.25) is 5.91 Å². The summed E-state index contributed by atoms with van der Waals surface area (Å²) in [7, 11) is 1.65. The van der Waals surface area contributed by atoms with Crippen molar-refractivity contribution in [1.82, 2.24) is 4.90 Å². The molecule has 2 rings (SSSR count). The highest BCUT2D eigenvalue weighted by atomic mass is 16.5. The van der Waals surface area contributed by atoms with Crippen LogP contribution >= 0.6 is 0 Å². The zero-order chi connectivity index (χ0) is 14.4. The third kappa shape index (κ3) is 4.23. The van der Waals surface area contributed by atoms with Crippen LogP contribution in [0.1, 0.15) is 37.7 Å². The number of carbonyl (C=O) groups excluding carboxylic acids is 1. The highest BCUT2D eigenvalue weighted by Gasteiger charge is 2.32. The number of methoxy groups -OCH3 is 1. The lowest BCUT2D eigenvalue weighted by molar-refractivity contribution is -0.132. The minimum absolute atomic E-state index is 0.162. The monoisotopic (exact) mass is 277 g/mol. The first-order valence-corrected chi connectivity index (χ1v) is 7.28. The molecule has 110 valence electrons. The van der Waals surface area contributed by atoms with Crippen molar-refractivity contribution in [1.29, 1.82) is 0 Å². The largest absolute Gasteiger partial charge is 0.497 e. The molecule has 0 atom stereocenters. The minimum Gasteiger partial charge on any atom is -0.497 e. The Morgan fingerprint density at radius 2 is 2.00 bits per heavy atom. The Kier molecular flexibility index (Phi) is 5.41. The molecule has 0 spiro atoms. The maximum absolute atomic E-state index is 12.2. The number of unbranched alkanes of at least 4 members (excludes halogenated alkanes) is 1. The maximum Gasteiger partial charge on any atom is 0.223 e. The Bertz CT molecular complexity index is 426. The van der Waals surface area contributed by atoms with Crippen LogP contribution < -0.4 is 4.74 Å². The molecule has 20 heavy (non-hydrogen) atoms. The molecule has 4 nitrogen and oxygen atoms in total. The number of aliphatic hydroxyl groups excluding tert-OH is 1. The highest BCUT2D eigenvalue weighted by molar-refractivity contribution is 5.76. The lowest BCUT2D eigenvalue weighted by Crippen LogP contribution is -2.32. The first-order chi connectivity index (χ1) is 9.74. The average Bonchev–Trinajstić information content (AvgIpc) is 3.30. The van der Waals surface area contributed by atoms with Gasteiger partial charge in [-0.2, -0.15) is 0 Å². The van der Waals surface area contributed by atoms with Crippen LogP contribution in [0.4, 0.5) is 0 Å². The van der Waals surface area contributed by atoms with Crippen molar-refractivity contribution < 1.29 is 14.6 Å². The molecular weight excluding hydrogens is 254 g/mol. The number of nitrogens with zero attached hydrogens (tertiary/aromatic N) is 1. The van der Waals surface area contributed by atoms with Gasteiger partial charge in [-0.15, -0.1) is 0 Å². The Morgan fingerprint density at radius 3 is 2.55 bits per heavy atom. The Balaban J connectivity index is 1.92.